The molecule has 0 aromatic heterocycles. The van der Waals surface area contributed by atoms with Crippen LogP contribution in [-0.4, -0.2) is 9.79 Å². The lowest BCUT2D eigenvalue weighted by Gasteiger charge is -2.33. The molecule has 49 heavy (non-hydrogen) atoms. The van der Waals surface area contributed by atoms with Crippen LogP contribution in [0.1, 0.15) is 174 Å². The van der Waals surface area contributed by atoms with E-state index in [2.05, 4.69) is 134 Å². The van der Waals surface area contributed by atoms with Crippen molar-refractivity contribution in [3.63, 3.8) is 0 Å². The van der Waals surface area contributed by atoms with Crippen LogP contribution in [0, 0.1) is 13.8 Å². The molecular formula is C45H69O3P. The van der Waals surface area contributed by atoms with Crippen LogP contribution < -0.4 is 4.52 Å². The van der Waals surface area contributed by atoms with Gasteiger partial charge in [-0.2, -0.15) is 0 Å². The maximum atomic E-state index is 10.2. The topological polar surface area (TPSA) is 49.7 Å². The molecule has 0 saturated heterocycles. The summed E-state index contributed by atoms with van der Waals surface area (Å²) in [7, 11) is -2.57. The Morgan fingerprint density at radius 3 is 1.45 bits per heavy atom. The van der Waals surface area contributed by atoms with Gasteiger partial charge in [0.1, 0.15) is 5.75 Å². The molecule has 272 valence electrons. The molecule has 3 aromatic carbocycles. The number of rotatable bonds is 12. The highest BCUT2D eigenvalue weighted by Crippen LogP contribution is 2.50. The van der Waals surface area contributed by atoms with E-state index in [4.69, 9.17) is 4.52 Å². The van der Waals surface area contributed by atoms with Gasteiger partial charge in [-0.3, -0.25) is 0 Å². The Bertz CT molecular complexity index is 1570. The van der Waals surface area contributed by atoms with E-state index in [1.165, 1.54) is 87.7 Å². The van der Waals surface area contributed by atoms with Crippen LogP contribution in [0.15, 0.2) is 36.4 Å². The summed E-state index contributed by atoms with van der Waals surface area (Å²) in [4.78, 5) is 20.5. The Balaban J connectivity index is 2.54. The molecule has 0 saturated carbocycles. The van der Waals surface area contributed by atoms with Crippen molar-refractivity contribution >= 4 is 8.60 Å². The van der Waals surface area contributed by atoms with Crippen LogP contribution in [0.25, 0.3) is 22.3 Å². The van der Waals surface area contributed by atoms with Gasteiger partial charge < -0.3 is 14.3 Å². The van der Waals surface area contributed by atoms with Crippen LogP contribution in [0.4, 0.5) is 0 Å². The van der Waals surface area contributed by atoms with Crippen molar-refractivity contribution in [1.29, 1.82) is 0 Å². The van der Waals surface area contributed by atoms with Gasteiger partial charge in [0.25, 0.3) is 0 Å². The molecule has 3 aromatic rings. The smallest absolute Gasteiger partial charge is 0.391 e. The minimum atomic E-state index is -2.57. The van der Waals surface area contributed by atoms with Gasteiger partial charge in [-0.15, -0.1) is 0 Å². The zero-order valence-corrected chi connectivity index (χ0v) is 34.8. The lowest BCUT2D eigenvalue weighted by atomic mass is 9.71. The fourth-order valence-electron chi connectivity index (χ4n) is 7.12. The van der Waals surface area contributed by atoms with Crippen molar-refractivity contribution in [1.82, 2.24) is 0 Å². The number of hydrogen-bond donors (Lipinski definition) is 2. The lowest BCUT2D eigenvalue weighted by molar-refractivity contribution is 0.373. The predicted molar refractivity (Wildman–Crippen MR) is 215 cm³/mol. The summed E-state index contributed by atoms with van der Waals surface area (Å²) < 4.78 is 5.92. The highest BCUT2D eigenvalue weighted by molar-refractivity contribution is 7.39. The SMILES string of the molecule is CCCCCCCCCc1c(OP(O)O)ccc(-c2c(C)cc(C(C)(C)C)cc2C(C)(C)C)c1-c1c(C)cc(C(C)(C)C)cc1C(C)(C)C. The lowest BCUT2D eigenvalue weighted by Crippen LogP contribution is -2.20. The largest absolute Gasteiger partial charge is 0.427 e. The quantitative estimate of drug-likeness (QED) is 0.147. The summed E-state index contributed by atoms with van der Waals surface area (Å²) in [5, 5.41) is 0. The van der Waals surface area contributed by atoms with Crippen molar-refractivity contribution in [2.45, 2.75) is 177 Å². The summed E-state index contributed by atoms with van der Waals surface area (Å²) >= 11 is 0. The number of benzene rings is 3. The molecule has 0 spiro atoms. The maximum absolute atomic E-state index is 10.2. The Morgan fingerprint density at radius 1 is 0.551 bits per heavy atom. The average Bonchev–Trinajstić information content (AvgIpc) is 2.94. The summed E-state index contributed by atoms with van der Waals surface area (Å²) in [6.07, 6.45) is 9.28. The van der Waals surface area contributed by atoms with Gasteiger partial charge in [-0.25, -0.2) is 0 Å². The zero-order valence-electron chi connectivity index (χ0n) is 33.9. The number of unbranched alkanes of at least 4 members (excludes halogenated alkanes) is 6. The molecule has 0 heterocycles. The van der Waals surface area contributed by atoms with E-state index in [9.17, 15) is 9.79 Å². The summed E-state index contributed by atoms with van der Waals surface area (Å²) in [6, 6.07) is 13.8. The first kappa shape index (κ1) is 41.2. The van der Waals surface area contributed by atoms with Crippen LogP contribution in [0.2, 0.25) is 0 Å². The van der Waals surface area contributed by atoms with Gasteiger partial charge in [0.2, 0.25) is 0 Å². The van der Waals surface area contributed by atoms with Gasteiger partial charge in [0.15, 0.2) is 0 Å². The van der Waals surface area contributed by atoms with E-state index < -0.39 is 8.60 Å². The van der Waals surface area contributed by atoms with Crippen molar-refractivity contribution < 1.29 is 14.3 Å². The van der Waals surface area contributed by atoms with Gasteiger partial charge >= 0.3 is 8.60 Å². The second-order valence-corrected chi connectivity index (χ2v) is 19.3. The molecule has 0 fully saturated rings. The molecule has 0 aliphatic carbocycles. The van der Waals surface area contributed by atoms with E-state index >= 15 is 0 Å². The minimum absolute atomic E-state index is 0.0000753. The standard InChI is InChI=1S/C45H69O3P/c1-16-17-18-19-20-21-22-23-34-38(48-49(46)47)25-24-35(39-30(2)26-32(42(4,5)6)28-36(39)44(10,11)12)41(34)40-31(3)27-33(43(7,8)9)29-37(40)45(13,14)15/h24-29,46-47H,16-23H2,1-15H3. The van der Waals surface area contributed by atoms with Crippen LogP contribution in [0.5, 0.6) is 5.75 Å². The monoisotopic (exact) mass is 688 g/mol. The van der Waals surface area contributed by atoms with E-state index in [0.717, 1.165) is 24.8 Å². The third-order valence-corrected chi connectivity index (χ3v) is 10.4. The highest BCUT2D eigenvalue weighted by atomic mass is 31.2. The van der Waals surface area contributed by atoms with Crippen molar-refractivity contribution in [2.75, 3.05) is 0 Å². The van der Waals surface area contributed by atoms with Gasteiger partial charge in [-0.05, 0) is 110 Å². The van der Waals surface area contributed by atoms with Gasteiger partial charge in [0.05, 0.1) is 0 Å². The third kappa shape index (κ3) is 10.4. The average molecular weight is 689 g/mol. The normalized spacial score (nSPS) is 13.0. The molecule has 0 radical (unpaired) electrons. The van der Waals surface area contributed by atoms with Crippen LogP contribution >= 0.6 is 8.60 Å². The molecule has 0 unspecified atom stereocenters. The molecule has 3 nitrogen and oxygen atoms in total. The fraction of sp³-hybridized carbons (Fsp3) is 0.600. The molecule has 0 aliphatic heterocycles. The first-order valence-corrected chi connectivity index (χ1v) is 20.0. The molecule has 2 N–H and O–H groups in total. The second-order valence-electron chi connectivity index (χ2n) is 18.6. The molecule has 0 aliphatic rings. The minimum Gasteiger partial charge on any atom is -0.427 e. The van der Waals surface area contributed by atoms with Gasteiger partial charge in [0, 0.05) is 5.56 Å². The highest BCUT2D eigenvalue weighted by Gasteiger charge is 2.32. The fourth-order valence-corrected chi connectivity index (χ4v) is 7.46. The van der Waals surface area contributed by atoms with Crippen LogP contribution in [-0.2, 0) is 28.1 Å². The molecule has 0 bridgehead atoms. The molecule has 3 rings (SSSR count). The second kappa shape index (κ2) is 16.0. The van der Waals surface area contributed by atoms with Crippen molar-refractivity contribution in [3.05, 3.63) is 75.3 Å². The first-order chi connectivity index (χ1) is 22.5. The predicted octanol–water partition coefficient (Wildman–Crippen LogP) is 13.7. The third-order valence-electron chi connectivity index (χ3n) is 10.0. The Kier molecular flexibility index (Phi) is 13.5. The molecule has 0 amide bonds. The Morgan fingerprint density at radius 2 is 1.00 bits per heavy atom. The number of aryl methyl sites for hydroxylation is 2. The molecular weight excluding hydrogens is 619 g/mol. The number of hydrogen-bond acceptors (Lipinski definition) is 3. The van der Waals surface area contributed by atoms with E-state index in [1.807, 2.05) is 6.07 Å². The van der Waals surface area contributed by atoms with E-state index in [0.29, 0.717) is 5.75 Å². The Hall–Kier alpha value is -2.19. The van der Waals surface area contributed by atoms with E-state index in [-0.39, 0.29) is 21.7 Å². The first-order valence-electron chi connectivity index (χ1n) is 18.8. The van der Waals surface area contributed by atoms with Crippen molar-refractivity contribution in [3.8, 4) is 28.0 Å². The summed E-state index contributed by atoms with van der Waals surface area (Å²) in [5.74, 6) is 0.585. The summed E-state index contributed by atoms with van der Waals surface area (Å²) in [5.41, 5.74) is 13.6. The van der Waals surface area contributed by atoms with E-state index in [1.54, 1.807) is 0 Å². The van der Waals surface area contributed by atoms with Gasteiger partial charge in [-0.1, -0.05) is 159 Å². The molecule has 4 heteroatoms. The Labute approximate surface area is 302 Å². The molecule has 0 atom stereocenters. The zero-order chi connectivity index (χ0) is 37.1. The van der Waals surface area contributed by atoms with Crippen molar-refractivity contribution in [2.24, 2.45) is 0 Å². The summed E-state index contributed by atoms with van der Waals surface area (Å²) in [6.45, 7) is 34.5. The maximum Gasteiger partial charge on any atom is 0.391 e. The van der Waals surface area contributed by atoms with Crippen LogP contribution in [0.3, 0.4) is 0 Å².